The van der Waals surface area contributed by atoms with Gasteiger partial charge in [-0.2, -0.15) is 5.26 Å². The predicted octanol–water partition coefficient (Wildman–Crippen LogP) is 3.72. The van der Waals surface area contributed by atoms with Crippen LogP contribution in [0.4, 0.5) is 4.39 Å². The quantitative estimate of drug-likeness (QED) is 0.851. The molecule has 0 aliphatic carbocycles. The van der Waals surface area contributed by atoms with Crippen LogP contribution in [0.1, 0.15) is 32.3 Å². The van der Waals surface area contributed by atoms with Crippen LogP contribution in [-0.4, -0.2) is 12.6 Å². The van der Waals surface area contributed by atoms with E-state index in [1.54, 1.807) is 12.1 Å². The summed E-state index contributed by atoms with van der Waals surface area (Å²) in [5.41, 5.74) is 0.503. The van der Waals surface area contributed by atoms with Gasteiger partial charge in [0.1, 0.15) is 5.82 Å². The average molecular weight is 281 g/mol. The highest BCUT2D eigenvalue weighted by Gasteiger charge is 2.43. The van der Waals surface area contributed by atoms with Crippen molar-refractivity contribution < 1.29 is 4.39 Å². The van der Waals surface area contributed by atoms with Crippen molar-refractivity contribution in [1.82, 2.24) is 5.32 Å². The molecule has 3 atom stereocenters. The van der Waals surface area contributed by atoms with Crippen molar-refractivity contribution >= 4 is 11.6 Å². The van der Waals surface area contributed by atoms with Gasteiger partial charge < -0.3 is 5.32 Å². The largest absolute Gasteiger partial charge is 0.311 e. The van der Waals surface area contributed by atoms with Gasteiger partial charge in [0.15, 0.2) is 0 Å². The van der Waals surface area contributed by atoms with Gasteiger partial charge in [-0.1, -0.05) is 44.5 Å². The van der Waals surface area contributed by atoms with E-state index in [9.17, 15) is 9.65 Å². The Morgan fingerprint density at radius 1 is 1.42 bits per heavy atom. The molecule has 0 amide bonds. The molecule has 0 aromatic heterocycles. The third kappa shape index (κ3) is 2.61. The molecule has 4 heteroatoms. The Bertz CT molecular complexity index is 516. The lowest BCUT2D eigenvalue weighted by molar-refractivity contribution is 0.262. The number of nitrogens with zero attached hydrogens (tertiary/aromatic N) is 1. The van der Waals surface area contributed by atoms with Crippen molar-refractivity contribution in [3.8, 4) is 6.07 Å². The van der Waals surface area contributed by atoms with Crippen molar-refractivity contribution in [1.29, 1.82) is 5.26 Å². The minimum atomic E-state index is -0.397. The first kappa shape index (κ1) is 14.3. The van der Waals surface area contributed by atoms with E-state index in [4.69, 9.17) is 11.6 Å². The highest BCUT2D eigenvalue weighted by molar-refractivity contribution is 6.30. The van der Waals surface area contributed by atoms with Crippen molar-refractivity contribution in [3.63, 3.8) is 0 Å². The van der Waals surface area contributed by atoms with E-state index in [1.165, 1.54) is 6.07 Å². The van der Waals surface area contributed by atoms with E-state index in [1.807, 2.05) is 0 Å². The molecule has 1 aliphatic heterocycles. The number of nitrogens with one attached hydrogen (secondary N) is 1. The van der Waals surface area contributed by atoms with Crippen molar-refractivity contribution in [3.05, 3.63) is 34.6 Å². The molecule has 1 saturated heterocycles. The minimum absolute atomic E-state index is 0.0375. The van der Waals surface area contributed by atoms with Gasteiger partial charge in [0.25, 0.3) is 0 Å². The number of hydrogen-bond acceptors (Lipinski definition) is 2. The lowest BCUT2D eigenvalue weighted by Crippen LogP contribution is -2.39. The zero-order valence-corrected chi connectivity index (χ0v) is 12.1. The molecule has 0 saturated carbocycles. The average Bonchev–Trinajstić information content (AvgIpc) is 2.76. The second-order valence-corrected chi connectivity index (χ2v) is 6.56. The highest BCUT2D eigenvalue weighted by atomic mass is 35.5. The van der Waals surface area contributed by atoms with Crippen LogP contribution < -0.4 is 5.32 Å². The van der Waals surface area contributed by atoms with Crippen molar-refractivity contribution in [2.45, 2.75) is 32.7 Å². The molecule has 1 heterocycles. The molecule has 0 bridgehead atoms. The van der Waals surface area contributed by atoms with Crippen LogP contribution in [0.5, 0.6) is 0 Å². The van der Waals surface area contributed by atoms with Crippen LogP contribution in [0.25, 0.3) is 0 Å². The van der Waals surface area contributed by atoms with Gasteiger partial charge in [-0.15, -0.1) is 0 Å². The fourth-order valence-corrected chi connectivity index (χ4v) is 3.04. The molecule has 1 aromatic carbocycles. The fourth-order valence-electron chi connectivity index (χ4n) is 2.86. The van der Waals surface area contributed by atoms with Gasteiger partial charge in [-0.3, -0.25) is 0 Å². The summed E-state index contributed by atoms with van der Waals surface area (Å²) < 4.78 is 14.1. The van der Waals surface area contributed by atoms with Crippen LogP contribution in [0.15, 0.2) is 18.2 Å². The van der Waals surface area contributed by atoms with E-state index >= 15 is 0 Å². The predicted molar refractivity (Wildman–Crippen MR) is 74.5 cm³/mol. The van der Waals surface area contributed by atoms with Gasteiger partial charge >= 0.3 is 0 Å². The third-order valence-corrected chi connectivity index (χ3v) is 4.11. The molecular formula is C15H18ClFN2. The van der Waals surface area contributed by atoms with Crippen LogP contribution in [0, 0.1) is 28.5 Å². The van der Waals surface area contributed by atoms with Crippen LogP contribution in [0.3, 0.4) is 0 Å². The first-order valence-corrected chi connectivity index (χ1v) is 6.81. The summed E-state index contributed by atoms with van der Waals surface area (Å²) in [4.78, 5) is 0. The molecule has 1 N–H and O–H groups in total. The molecule has 2 nitrogen and oxygen atoms in total. The normalized spacial score (nSPS) is 27.3. The Balaban J connectivity index is 2.37. The number of nitriles is 1. The van der Waals surface area contributed by atoms with E-state index in [2.05, 4.69) is 32.2 Å². The maximum absolute atomic E-state index is 14.1. The monoisotopic (exact) mass is 280 g/mol. The zero-order chi connectivity index (χ0) is 14.2. The number of halogens is 2. The summed E-state index contributed by atoms with van der Waals surface area (Å²) in [5, 5.41) is 12.9. The molecule has 2 rings (SSSR count). The van der Waals surface area contributed by atoms with Gasteiger partial charge in [0.05, 0.1) is 17.0 Å². The molecule has 0 spiro atoms. The van der Waals surface area contributed by atoms with E-state index in [0.717, 1.165) is 0 Å². The molecule has 1 aliphatic rings. The zero-order valence-electron chi connectivity index (χ0n) is 11.4. The molecule has 3 unspecified atom stereocenters. The number of benzene rings is 1. The highest BCUT2D eigenvalue weighted by Crippen LogP contribution is 2.40. The fraction of sp³-hybridized carbons (Fsp3) is 0.533. The third-order valence-electron chi connectivity index (χ3n) is 3.81. The smallest absolute Gasteiger partial charge is 0.145 e. The van der Waals surface area contributed by atoms with E-state index in [0.29, 0.717) is 12.1 Å². The number of rotatable bonds is 1. The Morgan fingerprint density at radius 2 is 2.11 bits per heavy atom. The molecule has 19 heavy (non-hydrogen) atoms. The topological polar surface area (TPSA) is 35.8 Å². The molecule has 1 fully saturated rings. The Hall–Kier alpha value is -1.11. The van der Waals surface area contributed by atoms with Crippen LogP contribution in [0.2, 0.25) is 5.02 Å². The molecule has 1 aromatic rings. The minimum Gasteiger partial charge on any atom is -0.311 e. The van der Waals surface area contributed by atoms with Gasteiger partial charge in [-0.05, 0) is 17.0 Å². The van der Waals surface area contributed by atoms with Crippen molar-refractivity contribution in [2.75, 3.05) is 6.54 Å². The summed E-state index contributed by atoms with van der Waals surface area (Å²) in [6.45, 7) is 6.88. The second-order valence-electron chi connectivity index (χ2n) is 6.16. The maximum atomic E-state index is 14.1. The Kier molecular flexibility index (Phi) is 3.85. The van der Waals surface area contributed by atoms with Crippen LogP contribution in [-0.2, 0) is 0 Å². The Morgan fingerprint density at radius 3 is 2.68 bits per heavy atom. The Labute approximate surface area is 118 Å². The molecular weight excluding hydrogens is 263 g/mol. The first-order valence-electron chi connectivity index (χ1n) is 6.43. The van der Waals surface area contributed by atoms with E-state index < -0.39 is 5.82 Å². The lowest BCUT2D eigenvalue weighted by Gasteiger charge is -2.30. The standard InChI is InChI=1S/C15H18ClFN2/c1-15(2,3)14-10(7-18)11(8-19-14)9-5-4-6-12(16)13(9)17/h4-6,10-11,14,19H,8H2,1-3H3. The summed E-state index contributed by atoms with van der Waals surface area (Å²) in [6, 6.07) is 7.39. The summed E-state index contributed by atoms with van der Waals surface area (Å²) in [7, 11) is 0. The van der Waals surface area contributed by atoms with E-state index in [-0.39, 0.29) is 28.3 Å². The maximum Gasteiger partial charge on any atom is 0.145 e. The second kappa shape index (κ2) is 5.11. The van der Waals surface area contributed by atoms with Crippen LogP contribution >= 0.6 is 11.6 Å². The molecule has 0 radical (unpaired) electrons. The summed E-state index contributed by atoms with van der Waals surface area (Å²) in [5.74, 6) is -0.785. The van der Waals surface area contributed by atoms with Gasteiger partial charge in [0.2, 0.25) is 0 Å². The number of hydrogen-bond donors (Lipinski definition) is 1. The lowest BCUT2D eigenvalue weighted by atomic mass is 9.76. The van der Waals surface area contributed by atoms with Crippen molar-refractivity contribution in [2.24, 2.45) is 11.3 Å². The first-order chi connectivity index (χ1) is 8.86. The SMILES string of the molecule is CC(C)(C)C1NCC(c2cccc(Cl)c2F)C1C#N. The summed E-state index contributed by atoms with van der Waals surface area (Å²) in [6.07, 6.45) is 0. The summed E-state index contributed by atoms with van der Waals surface area (Å²) >= 11 is 5.83. The van der Waals surface area contributed by atoms with Gasteiger partial charge in [0, 0.05) is 18.5 Å². The molecule has 102 valence electrons. The van der Waals surface area contributed by atoms with Gasteiger partial charge in [-0.25, -0.2) is 4.39 Å².